The van der Waals surface area contributed by atoms with E-state index in [1.54, 1.807) is 7.11 Å². The summed E-state index contributed by atoms with van der Waals surface area (Å²) in [7, 11) is 1.61. The highest BCUT2D eigenvalue weighted by Gasteiger charge is 2.21. The van der Waals surface area contributed by atoms with Crippen LogP contribution in [0.2, 0.25) is 0 Å². The van der Waals surface area contributed by atoms with E-state index in [1.165, 1.54) is 0 Å². The van der Waals surface area contributed by atoms with Crippen molar-refractivity contribution in [2.75, 3.05) is 7.11 Å². The molecule has 2 aromatic carbocycles. The Kier molecular flexibility index (Phi) is 5.18. The Labute approximate surface area is 169 Å². The van der Waals surface area contributed by atoms with Gasteiger partial charge in [0.05, 0.1) is 18.0 Å². The van der Waals surface area contributed by atoms with Crippen LogP contribution in [0.5, 0.6) is 0 Å². The van der Waals surface area contributed by atoms with E-state index >= 15 is 0 Å². The maximum atomic E-state index is 12.9. The zero-order chi connectivity index (χ0) is 20.4. The van der Waals surface area contributed by atoms with Crippen LogP contribution in [0.4, 0.5) is 0 Å². The first-order chi connectivity index (χ1) is 14.1. The minimum Gasteiger partial charge on any atom is -0.451 e. The number of aromatic nitrogens is 2. The summed E-state index contributed by atoms with van der Waals surface area (Å²) in [6, 6.07) is 17.5. The van der Waals surface area contributed by atoms with Gasteiger partial charge in [-0.25, -0.2) is 4.68 Å². The summed E-state index contributed by atoms with van der Waals surface area (Å²) in [6.45, 7) is 4.63. The number of para-hydroxylation sites is 2. The van der Waals surface area contributed by atoms with E-state index in [-0.39, 0.29) is 5.91 Å². The fourth-order valence-electron chi connectivity index (χ4n) is 3.57. The molecule has 0 unspecified atom stereocenters. The molecule has 1 N–H and O–H groups in total. The fraction of sp³-hybridized carbons (Fsp3) is 0.217. The smallest absolute Gasteiger partial charge is 0.287 e. The normalized spacial score (nSPS) is 11.1. The molecule has 0 saturated heterocycles. The summed E-state index contributed by atoms with van der Waals surface area (Å²) in [5.41, 5.74) is 5.30. The molecule has 2 heterocycles. The third-order valence-electron chi connectivity index (χ3n) is 5.06. The van der Waals surface area contributed by atoms with E-state index in [2.05, 4.69) is 10.4 Å². The van der Waals surface area contributed by atoms with Gasteiger partial charge in [0.25, 0.3) is 5.91 Å². The Bertz CT molecular complexity index is 1160. The summed E-state index contributed by atoms with van der Waals surface area (Å²) in [5, 5.41) is 8.51. The number of nitrogens with one attached hydrogen (secondary N) is 1. The van der Waals surface area contributed by atoms with E-state index in [1.807, 2.05) is 73.1 Å². The monoisotopic (exact) mass is 389 g/mol. The first-order valence-electron chi connectivity index (χ1n) is 9.48. The number of furan rings is 1. The van der Waals surface area contributed by atoms with Crippen LogP contribution in [-0.2, 0) is 17.9 Å². The van der Waals surface area contributed by atoms with E-state index in [4.69, 9.17) is 9.15 Å². The van der Waals surface area contributed by atoms with Crippen molar-refractivity contribution in [3.63, 3.8) is 0 Å². The van der Waals surface area contributed by atoms with E-state index in [0.29, 0.717) is 24.5 Å². The first kappa shape index (κ1) is 19.0. The Hall–Kier alpha value is -3.38. The second kappa shape index (κ2) is 7.93. The number of benzene rings is 2. The predicted octanol–water partition coefficient (Wildman–Crippen LogP) is 4.31. The minimum atomic E-state index is -0.264. The molecule has 0 aliphatic heterocycles. The molecule has 6 nitrogen and oxygen atoms in total. The van der Waals surface area contributed by atoms with Gasteiger partial charge in [-0.15, -0.1) is 0 Å². The molecule has 0 aliphatic carbocycles. The summed E-state index contributed by atoms with van der Waals surface area (Å²) in [5.74, 6) is 0.0262. The number of carbonyl (C=O) groups excluding carboxylic acids is 1. The van der Waals surface area contributed by atoms with Gasteiger partial charge < -0.3 is 14.5 Å². The average Bonchev–Trinajstić information content (AvgIpc) is 3.25. The highest BCUT2D eigenvalue weighted by molar-refractivity contribution is 5.99. The molecule has 1 amide bonds. The van der Waals surface area contributed by atoms with Gasteiger partial charge in [0.15, 0.2) is 5.76 Å². The predicted molar refractivity (Wildman–Crippen MR) is 111 cm³/mol. The molecule has 4 aromatic rings. The molecule has 0 fully saturated rings. The van der Waals surface area contributed by atoms with Crippen LogP contribution in [0.25, 0.3) is 16.7 Å². The number of rotatable bonds is 6. The Morgan fingerprint density at radius 1 is 1.07 bits per heavy atom. The van der Waals surface area contributed by atoms with Crippen molar-refractivity contribution in [2.45, 2.75) is 27.0 Å². The molecule has 0 saturated carbocycles. The molecular formula is C23H23N3O3. The molecule has 148 valence electrons. The molecule has 0 spiro atoms. The van der Waals surface area contributed by atoms with Gasteiger partial charge >= 0.3 is 0 Å². The van der Waals surface area contributed by atoms with Crippen LogP contribution in [0.3, 0.4) is 0 Å². The van der Waals surface area contributed by atoms with Crippen molar-refractivity contribution in [3.05, 3.63) is 82.9 Å². The van der Waals surface area contributed by atoms with Gasteiger partial charge in [-0.05, 0) is 32.0 Å². The maximum absolute atomic E-state index is 12.9. The number of aryl methyl sites for hydroxylation is 1. The second-order valence-electron chi connectivity index (χ2n) is 6.92. The summed E-state index contributed by atoms with van der Waals surface area (Å²) in [6.07, 6.45) is 0. The molecular weight excluding hydrogens is 366 g/mol. The van der Waals surface area contributed by atoms with Crippen molar-refractivity contribution >= 4 is 16.9 Å². The lowest BCUT2D eigenvalue weighted by Crippen LogP contribution is -2.24. The van der Waals surface area contributed by atoms with E-state index in [0.717, 1.165) is 33.6 Å². The van der Waals surface area contributed by atoms with E-state index in [9.17, 15) is 4.79 Å². The van der Waals surface area contributed by atoms with Gasteiger partial charge in [0.1, 0.15) is 5.58 Å². The highest BCUT2D eigenvalue weighted by Crippen LogP contribution is 2.27. The standard InChI is InChI=1S/C23H23N3O3/c1-15-19(16(2)26(25-15)17-9-5-4-6-10-17)13-24-23(27)22-20(14-28-3)18-11-7-8-12-21(18)29-22/h4-12H,13-14H2,1-3H3,(H,24,27). The molecule has 0 atom stereocenters. The molecule has 6 heteroatoms. The van der Waals surface area contributed by atoms with Crippen LogP contribution in [0.1, 0.15) is 33.1 Å². The van der Waals surface area contributed by atoms with Crippen LogP contribution >= 0.6 is 0 Å². The van der Waals surface area contributed by atoms with Gasteiger partial charge in [0.2, 0.25) is 0 Å². The molecule has 0 radical (unpaired) electrons. The Morgan fingerprint density at radius 2 is 1.79 bits per heavy atom. The SMILES string of the molecule is COCc1c(C(=O)NCc2c(C)nn(-c3ccccc3)c2C)oc2ccccc12. The van der Waals surface area contributed by atoms with E-state index < -0.39 is 0 Å². The average molecular weight is 389 g/mol. The zero-order valence-corrected chi connectivity index (χ0v) is 16.7. The number of hydrogen-bond acceptors (Lipinski definition) is 4. The summed E-state index contributed by atoms with van der Waals surface area (Å²) < 4.78 is 13.0. The third-order valence-corrected chi connectivity index (χ3v) is 5.06. The van der Waals surface area contributed by atoms with Gasteiger partial charge in [-0.1, -0.05) is 36.4 Å². The van der Waals surface area contributed by atoms with Crippen molar-refractivity contribution in [2.24, 2.45) is 0 Å². The zero-order valence-electron chi connectivity index (χ0n) is 16.7. The van der Waals surface area contributed by atoms with Crippen LogP contribution in [-0.4, -0.2) is 22.8 Å². The van der Waals surface area contributed by atoms with Crippen molar-refractivity contribution in [1.82, 2.24) is 15.1 Å². The Morgan fingerprint density at radius 3 is 2.55 bits per heavy atom. The lowest BCUT2D eigenvalue weighted by atomic mass is 10.1. The number of fused-ring (bicyclic) bond motifs is 1. The van der Waals surface area contributed by atoms with Crippen molar-refractivity contribution in [3.8, 4) is 5.69 Å². The van der Waals surface area contributed by atoms with Crippen molar-refractivity contribution < 1.29 is 13.9 Å². The van der Waals surface area contributed by atoms with Crippen molar-refractivity contribution in [1.29, 1.82) is 0 Å². The topological polar surface area (TPSA) is 69.3 Å². The summed E-state index contributed by atoms with van der Waals surface area (Å²) in [4.78, 5) is 12.9. The summed E-state index contributed by atoms with van der Waals surface area (Å²) >= 11 is 0. The third kappa shape index (κ3) is 3.54. The molecule has 4 rings (SSSR count). The highest BCUT2D eigenvalue weighted by atomic mass is 16.5. The van der Waals surface area contributed by atoms with Gasteiger partial charge in [0, 0.05) is 35.9 Å². The number of ether oxygens (including phenoxy) is 1. The number of hydrogen-bond donors (Lipinski definition) is 1. The number of methoxy groups -OCH3 is 1. The lowest BCUT2D eigenvalue weighted by Gasteiger charge is -2.07. The van der Waals surface area contributed by atoms with Crippen LogP contribution in [0, 0.1) is 13.8 Å². The largest absolute Gasteiger partial charge is 0.451 e. The quantitative estimate of drug-likeness (QED) is 0.533. The number of nitrogens with zero attached hydrogens (tertiary/aromatic N) is 2. The molecule has 2 aromatic heterocycles. The molecule has 0 bridgehead atoms. The number of carbonyl (C=O) groups is 1. The lowest BCUT2D eigenvalue weighted by molar-refractivity contribution is 0.0918. The number of amides is 1. The van der Waals surface area contributed by atoms with Crippen LogP contribution in [0.15, 0.2) is 59.0 Å². The van der Waals surface area contributed by atoms with Crippen LogP contribution < -0.4 is 5.32 Å². The Balaban J connectivity index is 1.59. The van der Waals surface area contributed by atoms with Gasteiger partial charge in [-0.2, -0.15) is 5.10 Å². The second-order valence-corrected chi connectivity index (χ2v) is 6.92. The molecule has 29 heavy (non-hydrogen) atoms. The fourth-order valence-corrected chi connectivity index (χ4v) is 3.57. The van der Waals surface area contributed by atoms with Gasteiger partial charge in [-0.3, -0.25) is 4.79 Å². The minimum absolute atomic E-state index is 0.264. The maximum Gasteiger partial charge on any atom is 0.287 e. The first-order valence-corrected chi connectivity index (χ1v) is 9.48. The molecule has 0 aliphatic rings.